The molecule has 1 atom stereocenters. The molecule has 1 aliphatic heterocycles. The quantitative estimate of drug-likeness (QED) is 0.936. The van der Waals surface area contributed by atoms with E-state index in [1.54, 1.807) is 12.4 Å². The summed E-state index contributed by atoms with van der Waals surface area (Å²) in [6.07, 6.45) is 6.08. The fraction of sp³-hybridized carbons (Fsp3) is 0.286. The second-order valence-corrected chi connectivity index (χ2v) is 5.79. The van der Waals surface area contributed by atoms with Crippen LogP contribution in [0, 0.1) is 0 Å². The molecule has 1 amide bonds. The zero-order valence-corrected chi connectivity index (χ0v) is 11.9. The lowest BCUT2D eigenvalue weighted by molar-refractivity contribution is -0.141. The molecule has 0 aromatic carbocycles. The Morgan fingerprint density at radius 2 is 2.10 bits per heavy atom. The average Bonchev–Trinajstić information content (AvgIpc) is 3.17. The molecule has 108 valence electrons. The minimum atomic E-state index is -0.945. The maximum Gasteiger partial charge on any atom is 0.326 e. The Morgan fingerprint density at radius 1 is 1.33 bits per heavy atom. The molecule has 0 radical (unpaired) electrons. The molecule has 1 fully saturated rings. The van der Waals surface area contributed by atoms with Crippen LogP contribution in [0.4, 0.5) is 0 Å². The van der Waals surface area contributed by atoms with Gasteiger partial charge in [-0.3, -0.25) is 9.78 Å². The van der Waals surface area contributed by atoms with Gasteiger partial charge in [0.15, 0.2) is 0 Å². The summed E-state index contributed by atoms with van der Waals surface area (Å²) >= 11 is 1.27. The molecular weight excluding hydrogens is 290 g/mol. The van der Waals surface area contributed by atoms with E-state index < -0.39 is 12.0 Å². The number of pyridine rings is 1. The molecule has 3 rings (SSSR count). The highest BCUT2D eigenvalue weighted by Gasteiger charge is 2.35. The van der Waals surface area contributed by atoms with Crippen LogP contribution in [0.3, 0.4) is 0 Å². The van der Waals surface area contributed by atoms with Gasteiger partial charge >= 0.3 is 5.97 Å². The van der Waals surface area contributed by atoms with Crippen molar-refractivity contribution in [3.63, 3.8) is 0 Å². The standard InChI is InChI=1S/C14H13N3O3S/c18-13(17-7-1-2-10(17)14(19)20)11-8-16-12(21-11)9-3-5-15-6-4-9/h3-6,8,10H,1-2,7H2,(H,19,20)/t10-/m1/s1. The molecule has 2 aromatic rings. The van der Waals surface area contributed by atoms with Crippen LogP contribution >= 0.6 is 11.3 Å². The number of amides is 1. The smallest absolute Gasteiger partial charge is 0.326 e. The minimum Gasteiger partial charge on any atom is -0.480 e. The van der Waals surface area contributed by atoms with Crippen molar-refractivity contribution in [2.45, 2.75) is 18.9 Å². The molecule has 0 aliphatic carbocycles. The van der Waals surface area contributed by atoms with Crippen LogP contribution in [0.1, 0.15) is 22.5 Å². The Labute approximate surface area is 125 Å². The van der Waals surface area contributed by atoms with E-state index in [-0.39, 0.29) is 5.91 Å². The van der Waals surface area contributed by atoms with Gasteiger partial charge in [0.1, 0.15) is 15.9 Å². The van der Waals surface area contributed by atoms with Crippen LogP contribution in [0.2, 0.25) is 0 Å². The number of nitrogens with zero attached hydrogens (tertiary/aromatic N) is 3. The number of hydrogen-bond acceptors (Lipinski definition) is 5. The lowest BCUT2D eigenvalue weighted by Crippen LogP contribution is -2.40. The Morgan fingerprint density at radius 3 is 2.81 bits per heavy atom. The maximum atomic E-state index is 12.4. The third kappa shape index (κ3) is 2.64. The monoisotopic (exact) mass is 303 g/mol. The minimum absolute atomic E-state index is 0.252. The molecule has 0 spiro atoms. The van der Waals surface area contributed by atoms with Gasteiger partial charge < -0.3 is 10.0 Å². The Bertz CT molecular complexity index is 671. The van der Waals surface area contributed by atoms with Gasteiger partial charge in [-0.1, -0.05) is 0 Å². The molecule has 2 aromatic heterocycles. The topological polar surface area (TPSA) is 83.4 Å². The van der Waals surface area contributed by atoms with Crippen molar-refractivity contribution >= 4 is 23.2 Å². The molecule has 1 N–H and O–H groups in total. The lowest BCUT2D eigenvalue weighted by atomic mass is 10.2. The number of carboxylic acids is 1. The number of aromatic nitrogens is 2. The first-order chi connectivity index (χ1) is 10.2. The first-order valence-corrected chi connectivity index (χ1v) is 7.38. The summed E-state index contributed by atoms with van der Waals surface area (Å²) in [5, 5.41) is 9.88. The van der Waals surface area contributed by atoms with Crippen molar-refractivity contribution in [2.24, 2.45) is 0 Å². The number of carboxylic acid groups (broad SMARTS) is 1. The van der Waals surface area contributed by atoms with E-state index in [0.29, 0.717) is 17.8 Å². The van der Waals surface area contributed by atoms with Crippen LogP contribution in [0.5, 0.6) is 0 Å². The summed E-state index contributed by atoms with van der Waals surface area (Å²) in [6.45, 7) is 0.484. The number of likely N-dealkylation sites (tertiary alicyclic amines) is 1. The zero-order valence-electron chi connectivity index (χ0n) is 11.1. The summed E-state index contributed by atoms with van der Waals surface area (Å²) in [7, 11) is 0. The summed E-state index contributed by atoms with van der Waals surface area (Å²) in [5.74, 6) is -1.20. The van der Waals surface area contributed by atoms with Gasteiger partial charge in [0.2, 0.25) is 0 Å². The van der Waals surface area contributed by atoms with Crippen molar-refractivity contribution in [3.8, 4) is 10.6 Å². The van der Waals surface area contributed by atoms with E-state index >= 15 is 0 Å². The van der Waals surface area contributed by atoms with Gasteiger partial charge in [0, 0.05) is 24.5 Å². The Hall–Kier alpha value is -2.28. The van der Waals surface area contributed by atoms with Gasteiger partial charge in [-0.25, -0.2) is 9.78 Å². The van der Waals surface area contributed by atoms with Gasteiger partial charge in [-0.15, -0.1) is 11.3 Å². The molecule has 0 unspecified atom stereocenters. The summed E-state index contributed by atoms with van der Waals surface area (Å²) in [4.78, 5) is 33.7. The van der Waals surface area contributed by atoms with Crippen LogP contribution in [-0.4, -0.2) is 44.4 Å². The van der Waals surface area contributed by atoms with E-state index in [1.807, 2.05) is 12.1 Å². The van der Waals surface area contributed by atoms with Crippen LogP contribution in [0.15, 0.2) is 30.7 Å². The highest BCUT2D eigenvalue weighted by molar-refractivity contribution is 7.16. The molecule has 1 saturated heterocycles. The SMILES string of the molecule is O=C(O)[C@H]1CCCN1C(=O)c1cnc(-c2ccncc2)s1. The van der Waals surface area contributed by atoms with Crippen molar-refractivity contribution < 1.29 is 14.7 Å². The van der Waals surface area contributed by atoms with Crippen molar-refractivity contribution in [1.82, 2.24) is 14.9 Å². The second-order valence-electron chi connectivity index (χ2n) is 4.76. The van der Waals surface area contributed by atoms with E-state index in [0.717, 1.165) is 17.0 Å². The van der Waals surface area contributed by atoms with Crippen molar-refractivity contribution in [1.29, 1.82) is 0 Å². The first kappa shape index (κ1) is 13.7. The number of carbonyl (C=O) groups is 2. The molecule has 21 heavy (non-hydrogen) atoms. The third-order valence-corrected chi connectivity index (χ3v) is 4.48. The van der Waals surface area contributed by atoms with Gasteiger partial charge in [0.05, 0.1) is 6.20 Å². The molecule has 6 nitrogen and oxygen atoms in total. The molecule has 0 saturated carbocycles. The predicted molar refractivity (Wildman–Crippen MR) is 77.0 cm³/mol. The first-order valence-electron chi connectivity index (χ1n) is 6.57. The lowest BCUT2D eigenvalue weighted by Gasteiger charge is -2.20. The second kappa shape index (κ2) is 5.61. The van der Waals surface area contributed by atoms with E-state index in [9.17, 15) is 9.59 Å². The molecule has 0 bridgehead atoms. The number of rotatable bonds is 3. The highest BCUT2D eigenvalue weighted by Crippen LogP contribution is 2.27. The maximum absolute atomic E-state index is 12.4. The van der Waals surface area contributed by atoms with Crippen LogP contribution in [-0.2, 0) is 4.79 Å². The van der Waals surface area contributed by atoms with Crippen LogP contribution < -0.4 is 0 Å². The Kier molecular flexibility index (Phi) is 3.66. The summed E-state index contributed by atoms with van der Waals surface area (Å²) in [5.41, 5.74) is 0.894. The number of hydrogen-bond donors (Lipinski definition) is 1. The van der Waals surface area contributed by atoms with Crippen molar-refractivity contribution in [3.05, 3.63) is 35.6 Å². The van der Waals surface area contributed by atoms with E-state index in [1.165, 1.54) is 22.4 Å². The van der Waals surface area contributed by atoms with E-state index in [4.69, 9.17) is 5.11 Å². The molecular formula is C14H13N3O3S. The Balaban J connectivity index is 1.83. The van der Waals surface area contributed by atoms with Gasteiger partial charge in [0.25, 0.3) is 5.91 Å². The number of aliphatic carboxylic acids is 1. The third-order valence-electron chi connectivity index (χ3n) is 3.44. The van der Waals surface area contributed by atoms with Gasteiger partial charge in [-0.05, 0) is 25.0 Å². The summed E-state index contributed by atoms with van der Waals surface area (Å²) in [6, 6.07) is 2.93. The van der Waals surface area contributed by atoms with Crippen molar-refractivity contribution in [2.75, 3.05) is 6.54 Å². The largest absolute Gasteiger partial charge is 0.480 e. The number of carbonyl (C=O) groups excluding carboxylic acids is 1. The predicted octanol–water partition coefficient (Wildman–Crippen LogP) is 1.89. The molecule has 3 heterocycles. The summed E-state index contributed by atoms with van der Waals surface area (Å²) < 4.78 is 0. The number of thiazole rings is 1. The normalized spacial score (nSPS) is 17.9. The zero-order chi connectivity index (χ0) is 14.8. The average molecular weight is 303 g/mol. The fourth-order valence-corrected chi connectivity index (χ4v) is 3.29. The van der Waals surface area contributed by atoms with Gasteiger partial charge in [-0.2, -0.15) is 0 Å². The molecule has 7 heteroatoms. The fourth-order valence-electron chi connectivity index (χ4n) is 2.41. The molecule has 1 aliphatic rings. The van der Waals surface area contributed by atoms with Crippen LogP contribution in [0.25, 0.3) is 10.6 Å². The van der Waals surface area contributed by atoms with E-state index in [2.05, 4.69) is 9.97 Å². The highest BCUT2D eigenvalue weighted by atomic mass is 32.1.